The molecule has 0 fully saturated rings. The van der Waals surface area contributed by atoms with Crippen molar-refractivity contribution in [1.29, 1.82) is 0 Å². The van der Waals surface area contributed by atoms with E-state index in [0.29, 0.717) is 5.69 Å². The first kappa shape index (κ1) is 8.67. The van der Waals surface area contributed by atoms with E-state index in [4.69, 9.17) is 11.5 Å². The van der Waals surface area contributed by atoms with Crippen LogP contribution in [0.5, 0.6) is 0 Å². The standard InChI is InChI=1S/C8H11N3O/c9-5-6(8(10)12)7-3-1-2-4-11-7/h1-4,6H,5,9H2,(H2,10,12). The molecule has 1 atom stereocenters. The Hall–Kier alpha value is -1.42. The van der Waals surface area contributed by atoms with Crippen LogP contribution in [0.4, 0.5) is 0 Å². The molecule has 4 heteroatoms. The van der Waals surface area contributed by atoms with Crippen molar-refractivity contribution < 1.29 is 4.79 Å². The van der Waals surface area contributed by atoms with E-state index in [2.05, 4.69) is 4.98 Å². The topological polar surface area (TPSA) is 82.0 Å². The van der Waals surface area contributed by atoms with Crippen molar-refractivity contribution in [2.45, 2.75) is 5.92 Å². The van der Waals surface area contributed by atoms with Crippen molar-refractivity contribution >= 4 is 5.91 Å². The Morgan fingerprint density at radius 3 is 2.75 bits per heavy atom. The maximum Gasteiger partial charge on any atom is 0.227 e. The van der Waals surface area contributed by atoms with Crippen molar-refractivity contribution in [2.24, 2.45) is 11.5 Å². The zero-order chi connectivity index (χ0) is 8.97. The normalized spacial score (nSPS) is 12.4. The summed E-state index contributed by atoms with van der Waals surface area (Å²) in [5.41, 5.74) is 11.1. The summed E-state index contributed by atoms with van der Waals surface area (Å²) < 4.78 is 0. The number of nitrogens with zero attached hydrogens (tertiary/aromatic N) is 1. The highest BCUT2D eigenvalue weighted by Crippen LogP contribution is 2.09. The van der Waals surface area contributed by atoms with Gasteiger partial charge in [-0.3, -0.25) is 9.78 Å². The molecule has 1 heterocycles. The van der Waals surface area contributed by atoms with E-state index in [1.165, 1.54) is 0 Å². The molecule has 0 saturated heterocycles. The number of aromatic nitrogens is 1. The summed E-state index contributed by atoms with van der Waals surface area (Å²) >= 11 is 0. The van der Waals surface area contributed by atoms with Crippen LogP contribution in [0.25, 0.3) is 0 Å². The monoisotopic (exact) mass is 165 g/mol. The van der Waals surface area contributed by atoms with Crippen LogP contribution in [-0.2, 0) is 4.79 Å². The molecule has 4 nitrogen and oxygen atoms in total. The lowest BCUT2D eigenvalue weighted by atomic mass is 10.1. The average molecular weight is 165 g/mol. The molecule has 1 aromatic rings. The zero-order valence-corrected chi connectivity index (χ0v) is 6.60. The summed E-state index contributed by atoms with van der Waals surface area (Å²) in [6.45, 7) is 0.201. The Kier molecular flexibility index (Phi) is 2.76. The van der Waals surface area contributed by atoms with Crippen LogP contribution in [0.15, 0.2) is 24.4 Å². The molecular weight excluding hydrogens is 154 g/mol. The number of hydrogen-bond acceptors (Lipinski definition) is 3. The minimum Gasteiger partial charge on any atom is -0.369 e. The van der Waals surface area contributed by atoms with Crippen LogP contribution in [0.1, 0.15) is 11.6 Å². The molecule has 1 amide bonds. The SMILES string of the molecule is NCC(C(N)=O)c1ccccn1. The van der Waals surface area contributed by atoms with Gasteiger partial charge in [-0.25, -0.2) is 0 Å². The number of amides is 1. The fourth-order valence-electron chi connectivity index (χ4n) is 0.965. The van der Waals surface area contributed by atoms with Gasteiger partial charge < -0.3 is 11.5 Å². The molecule has 0 aromatic carbocycles. The van der Waals surface area contributed by atoms with E-state index in [9.17, 15) is 4.79 Å². The van der Waals surface area contributed by atoms with Crippen LogP contribution in [0.2, 0.25) is 0 Å². The van der Waals surface area contributed by atoms with Gasteiger partial charge in [-0.05, 0) is 12.1 Å². The lowest BCUT2D eigenvalue weighted by molar-refractivity contribution is -0.119. The Morgan fingerprint density at radius 1 is 1.58 bits per heavy atom. The molecule has 0 aliphatic rings. The van der Waals surface area contributed by atoms with E-state index in [1.54, 1.807) is 24.4 Å². The van der Waals surface area contributed by atoms with Gasteiger partial charge in [0, 0.05) is 12.7 Å². The quantitative estimate of drug-likeness (QED) is 0.639. The van der Waals surface area contributed by atoms with Crippen molar-refractivity contribution in [2.75, 3.05) is 6.54 Å². The van der Waals surface area contributed by atoms with Gasteiger partial charge in [0.15, 0.2) is 0 Å². The lowest BCUT2D eigenvalue weighted by Gasteiger charge is -2.08. The molecule has 0 radical (unpaired) electrons. The first-order chi connectivity index (χ1) is 5.75. The number of carbonyl (C=O) groups excluding carboxylic acids is 1. The van der Waals surface area contributed by atoms with Crippen molar-refractivity contribution in [3.63, 3.8) is 0 Å². The van der Waals surface area contributed by atoms with Gasteiger partial charge in [0.2, 0.25) is 5.91 Å². The van der Waals surface area contributed by atoms with Gasteiger partial charge in [-0.15, -0.1) is 0 Å². The highest BCUT2D eigenvalue weighted by molar-refractivity contribution is 5.81. The highest BCUT2D eigenvalue weighted by atomic mass is 16.1. The molecule has 12 heavy (non-hydrogen) atoms. The maximum absolute atomic E-state index is 10.8. The van der Waals surface area contributed by atoms with Crippen LogP contribution in [0, 0.1) is 0 Å². The Balaban J connectivity index is 2.88. The number of carbonyl (C=O) groups is 1. The van der Waals surface area contributed by atoms with Crippen LogP contribution >= 0.6 is 0 Å². The largest absolute Gasteiger partial charge is 0.369 e. The maximum atomic E-state index is 10.8. The third kappa shape index (κ3) is 1.79. The smallest absolute Gasteiger partial charge is 0.227 e. The molecule has 1 rings (SSSR count). The average Bonchev–Trinajstić information content (AvgIpc) is 2.07. The van der Waals surface area contributed by atoms with E-state index < -0.39 is 11.8 Å². The van der Waals surface area contributed by atoms with Gasteiger partial charge >= 0.3 is 0 Å². The van der Waals surface area contributed by atoms with Gasteiger partial charge in [0.25, 0.3) is 0 Å². The minimum atomic E-state index is -0.466. The first-order valence-corrected chi connectivity index (χ1v) is 3.66. The van der Waals surface area contributed by atoms with E-state index in [0.717, 1.165) is 0 Å². The molecule has 0 aliphatic carbocycles. The second-order valence-corrected chi connectivity index (χ2v) is 2.45. The Morgan fingerprint density at radius 2 is 2.33 bits per heavy atom. The van der Waals surface area contributed by atoms with Gasteiger partial charge in [0.1, 0.15) is 0 Å². The predicted octanol–water partition coefficient (Wildman–Crippen LogP) is -0.391. The fraction of sp³-hybridized carbons (Fsp3) is 0.250. The summed E-state index contributed by atoms with van der Waals surface area (Å²) in [5, 5.41) is 0. The Bertz CT molecular complexity index is 260. The van der Waals surface area contributed by atoms with E-state index >= 15 is 0 Å². The van der Waals surface area contributed by atoms with E-state index in [1.807, 2.05) is 0 Å². The first-order valence-electron chi connectivity index (χ1n) is 3.66. The highest BCUT2D eigenvalue weighted by Gasteiger charge is 2.15. The van der Waals surface area contributed by atoms with Gasteiger partial charge in [0.05, 0.1) is 11.6 Å². The molecular formula is C8H11N3O. The van der Waals surface area contributed by atoms with Crippen LogP contribution < -0.4 is 11.5 Å². The predicted molar refractivity (Wildman–Crippen MR) is 45.2 cm³/mol. The van der Waals surface area contributed by atoms with Gasteiger partial charge in [-0.2, -0.15) is 0 Å². The Labute approximate surface area is 70.6 Å². The summed E-state index contributed by atoms with van der Waals surface area (Å²) in [6, 6.07) is 5.31. The van der Waals surface area contributed by atoms with Crippen molar-refractivity contribution in [3.8, 4) is 0 Å². The summed E-state index contributed by atoms with van der Waals surface area (Å²) in [6.07, 6.45) is 1.61. The summed E-state index contributed by atoms with van der Waals surface area (Å²) in [4.78, 5) is 14.8. The number of primary amides is 1. The number of hydrogen-bond donors (Lipinski definition) is 2. The van der Waals surface area contributed by atoms with Crippen molar-refractivity contribution in [1.82, 2.24) is 4.98 Å². The van der Waals surface area contributed by atoms with Gasteiger partial charge in [-0.1, -0.05) is 6.07 Å². The third-order valence-electron chi connectivity index (χ3n) is 1.62. The molecule has 1 aromatic heterocycles. The van der Waals surface area contributed by atoms with E-state index in [-0.39, 0.29) is 6.54 Å². The second-order valence-electron chi connectivity index (χ2n) is 2.45. The molecule has 0 spiro atoms. The van der Waals surface area contributed by atoms with Crippen molar-refractivity contribution in [3.05, 3.63) is 30.1 Å². The second kappa shape index (κ2) is 3.82. The number of pyridine rings is 1. The fourth-order valence-corrected chi connectivity index (χ4v) is 0.965. The zero-order valence-electron chi connectivity index (χ0n) is 6.60. The molecule has 0 saturated carbocycles. The number of nitrogens with two attached hydrogens (primary N) is 2. The summed E-state index contributed by atoms with van der Waals surface area (Å²) in [5.74, 6) is -0.901. The lowest BCUT2D eigenvalue weighted by Crippen LogP contribution is -2.28. The van der Waals surface area contributed by atoms with Crippen LogP contribution in [0.3, 0.4) is 0 Å². The summed E-state index contributed by atoms with van der Waals surface area (Å²) in [7, 11) is 0. The molecule has 0 bridgehead atoms. The minimum absolute atomic E-state index is 0.201. The number of rotatable bonds is 3. The molecule has 0 aliphatic heterocycles. The molecule has 4 N–H and O–H groups in total. The third-order valence-corrected chi connectivity index (χ3v) is 1.62. The molecule has 64 valence electrons. The van der Waals surface area contributed by atoms with Crippen LogP contribution in [-0.4, -0.2) is 17.4 Å². The molecule has 1 unspecified atom stereocenters.